The summed E-state index contributed by atoms with van der Waals surface area (Å²) in [5.41, 5.74) is 0. The highest BCUT2D eigenvalue weighted by Gasteiger charge is 2.38. The fourth-order valence-electron chi connectivity index (χ4n) is 10.7. The quantitative estimate of drug-likeness (QED) is 0.0352. The third-order valence-electron chi connectivity index (χ3n) is 15.0. The number of amides is 4. The first kappa shape index (κ1) is 64.8. The molecule has 0 radical (unpaired) electrons. The lowest BCUT2D eigenvalue weighted by Gasteiger charge is -2.38. The molecular weight excluding hydrogens is 899 g/mol. The third-order valence-corrected chi connectivity index (χ3v) is 15.0. The van der Waals surface area contributed by atoms with E-state index in [2.05, 4.69) is 78.0 Å². The minimum absolute atomic E-state index is 0.0411. The molecule has 2 unspecified atom stereocenters. The van der Waals surface area contributed by atoms with E-state index < -0.39 is 12.1 Å². The minimum atomic E-state index is -0.594. The molecule has 2 atom stereocenters. The Balaban J connectivity index is 1.83. The normalized spacial score (nSPS) is 15.9. The van der Waals surface area contributed by atoms with Crippen LogP contribution < -0.4 is 10.6 Å². The number of aliphatic hydroxyl groups is 2. The zero-order chi connectivity index (χ0) is 52.1. The Morgan fingerprint density at radius 2 is 0.792 bits per heavy atom. The summed E-state index contributed by atoms with van der Waals surface area (Å²) in [6.07, 6.45) is 53.6. The van der Waals surface area contributed by atoms with E-state index >= 15 is 0 Å². The maximum atomic E-state index is 14.0. The van der Waals surface area contributed by atoms with Gasteiger partial charge in [0, 0.05) is 52.1 Å². The lowest BCUT2D eigenvalue weighted by atomic mass is 9.82. The van der Waals surface area contributed by atoms with Crippen molar-refractivity contribution in [3.8, 4) is 0 Å². The van der Waals surface area contributed by atoms with Crippen LogP contribution in [0.4, 0.5) is 0 Å². The number of allylic oxidation sites excluding steroid dienone is 8. The summed E-state index contributed by atoms with van der Waals surface area (Å²) in [5.74, 6) is -0.229. The zero-order valence-corrected chi connectivity index (χ0v) is 46.5. The van der Waals surface area contributed by atoms with Crippen molar-refractivity contribution in [2.45, 2.75) is 244 Å². The highest BCUT2D eigenvalue weighted by atomic mass is 16.3. The molecule has 0 spiro atoms. The second kappa shape index (κ2) is 45.1. The first-order valence-electron chi connectivity index (χ1n) is 29.9. The molecule has 72 heavy (non-hydrogen) atoms. The van der Waals surface area contributed by atoms with Crippen molar-refractivity contribution in [3.05, 3.63) is 48.6 Å². The number of rotatable bonds is 44. The zero-order valence-electron chi connectivity index (χ0n) is 46.5. The Hall–Kier alpha value is -3.28. The molecule has 2 aliphatic carbocycles. The molecule has 2 saturated carbocycles. The van der Waals surface area contributed by atoms with Crippen LogP contribution >= 0.6 is 0 Å². The molecule has 0 aromatic heterocycles. The Morgan fingerprint density at radius 3 is 1.14 bits per heavy atom. The Morgan fingerprint density at radius 1 is 0.458 bits per heavy atom. The molecule has 4 N–H and O–H groups in total. The van der Waals surface area contributed by atoms with Crippen LogP contribution in [0, 0.1) is 11.8 Å². The van der Waals surface area contributed by atoms with Gasteiger partial charge in [0.1, 0.15) is 12.1 Å². The molecule has 4 amide bonds. The van der Waals surface area contributed by atoms with Gasteiger partial charge in [0.05, 0.1) is 13.2 Å². The molecule has 414 valence electrons. The average Bonchev–Trinajstić information content (AvgIpc) is 3.38. The van der Waals surface area contributed by atoms with Gasteiger partial charge in [-0.25, -0.2) is 0 Å². The van der Waals surface area contributed by atoms with Crippen LogP contribution in [0.1, 0.15) is 232 Å². The number of carbonyl (C=O) groups excluding carboxylic acids is 4. The molecule has 0 saturated heterocycles. The smallest absolute Gasteiger partial charge is 0.243 e. The molecule has 0 bridgehead atoms. The molecule has 2 aliphatic rings. The minimum Gasteiger partial charge on any atom is -0.395 e. The molecule has 11 heteroatoms. The molecule has 0 aromatic rings. The van der Waals surface area contributed by atoms with Gasteiger partial charge in [0.15, 0.2) is 0 Å². The summed E-state index contributed by atoms with van der Waals surface area (Å²) in [6.45, 7) is 6.36. The predicted octanol–water partition coefficient (Wildman–Crippen LogP) is 12.3. The van der Waals surface area contributed by atoms with Gasteiger partial charge in [-0.05, 0) is 122 Å². The number of unbranched alkanes of at least 4 members (excludes halogenated alkanes) is 16. The van der Waals surface area contributed by atoms with Crippen LogP contribution in [-0.4, -0.2) is 120 Å². The first-order chi connectivity index (χ1) is 35.3. The van der Waals surface area contributed by atoms with Crippen molar-refractivity contribution >= 4 is 23.6 Å². The number of hydrogen-bond donors (Lipinski definition) is 4. The van der Waals surface area contributed by atoms with Gasteiger partial charge in [0.2, 0.25) is 23.6 Å². The predicted molar refractivity (Wildman–Crippen MR) is 301 cm³/mol. The molecule has 11 nitrogen and oxygen atoms in total. The van der Waals surface area contributed by atoms with E-state index in [0.717, 1.165) is 154 Å². The summed E-state index contributed by atoms with van der Waals surface area (Å²) in [7, 11) is 1.97. The van der Waals surface area contributed by atoms with Crippen molar-refractivity contribution in [1.29, 1.82) is 0 Å². The van der Waals surface area contributed by atoms with E-state index in [1.807, 2.05) is 7.05 Å². The van der Waals surface area contributed by atoms with Crippen LogP contribution in [0.2, 0.25) is 0 Å². The van der Waals surface area contributed by atoms with E-state index in [-0.39, 0.29) is 61.8 Å². The van der Waals surface area contributed by atoms with Crippen LogP contribution in [0.3, 0.4) is 0 Å². The van der Waals surface area contributed by atoms with Crippen molar-refractivity contribution < 1.29 is 29.4 Å². The van der Waals surface area contributed by atoms with E-state index in [1.165, 1.54) is 51.4 Å². The van der Waals surface area contributed by atoms with Crippen molar-refractivity contribution in [2.75, 3.05) is 59.5 Å². The number of hydrogen-bond acceptors (Lipinski definition) is 7. The molecular formula is C61H109N5O6. The highest BCUT2D eigenvalue weighted by molar-refractivity contribution is 5.88. The van der Waals surface area contributed by atoms with Gasteiger partial charge in [0.25, 0.3) is 0 Å². The monoisotopic (exact) mass is 1010 g/mol. The lowest BCUT2D eigenvalue weighted by Crippen LogP contribution is -2.55. The molecule has 0 heterocycles. The Bertz CT molecular complexity index is 1380. The van der Waals surface area contributed by atoms with Crippen molar-refractivity contribution in [2.24, 2.45) is 11.8 Å². The number of nitrogens with one attached hydrogen (secondary N) is 2. The molecule has 2 rings (SSSR count). The van der Waals surface area contributed by atoms with Gasteiger partial charge in [-0.1, -0.05) is 165 Å². The maximum absolute atomic E-state index is 14.0. The number of likely N-dealkylation sites (N-methyl/N-ethyl adjacent to an activating group) is 1. The highest BCUT2D eigenvalue weighted by Crippen LogP contribution is 2.31. The summed E-state index contributed by atoms with van der Waals surface area (Å²) in [6, 6.07) is -1.19. The summed E-state index contributed by atoms with van der Waals surface area (Å²) in [5, 5.41) is 26.5. The molecule has 0 aliphatic heterocycles. The fourth-order valence-corrected chi connectivity index (χ4v) is 10.7. The Labute approximate surface area is 440 Å². The number of nitrogens with zero attached hydrogens (tertiary/aromatic N) is 3. The third kappa shape index (κ3) is 30.8. The van der Waals surface area contributed by atoms with Crippen LogP contribution in [0.5, 0.6) is 0 Å². The van der Waals surface area contributed by atoms with E-state index in [0.29, 0.717) is 39.0 Å². The van der Waals surface area contributed by atoms with Gasteiger partial charge < -0.3 is 35.5 Å². The fraction of sp³-hybridized carbons (Fsp3) is 0.803. The second-order valence-electron chi connectivity index (χ2n) is 21.2. The standard InChI is InChI=1S/C61H109N5O6/c1-4-6-8-10-12-14-16-18-20-22-24-26-28-30-38-44-56(69)65(50-52-67)58(54-40-34-32-35-41-54)60(71)62-46-48-64(3)49-47-63-61(72)59(55-42-36-33-37-43-55)66(51-53-68)57(70)45-39-31-29-27-25-23-21-19-17-15-13-11-9-7-5-2/h12-15,18-21,54-55,58-59,67-68H,4-11,16-17,22-53H2,1-3H3,(H,62,71)(H,63,72)/b14-12-,15-13-,20-18-,21-19-. The van der Waals surface area contributed by atoms with Crippen LogP contribution in [-0.2, 0) is 19.2 Å². The van der Waals surface area contributed by atoms with Crippen LogP contribution in [0.25, 0.3) is 0 Å². The van der Waals surface area contributed by atoms with E-state index in [9.17, 15) is 29.4 Å². The topological polar surface area (TPSA) is 143 Å². The largest absolute Gasteiger partial charge is 0.395 e. The Kier molecular flexibility index (Phi) is 40.6. The lowest BCUT2D eigenvalue weighted by molar-refractivity contribution is -0.144. The molecule has 2 fully saturated rings. The van der Waals surface area contributed by atoms with Crippen LogP contribution in [0.15, 0.2) is 48.6 Å². The van der Waals surface area contributed by atoms with Crippen molar-refractivity contribution in [1.82, 2.24) is 25.3 Å². The van der Waals surface area contributed by atoms with Crippen molar-refractivity contribution in [3.63, 3.8) is 0 Å². The summed E-state index contributed by atoms with van der Waals surface area (Å²) >= 11 is 0. The molecule has 0 aromatic carbocycles. The van der Waals surface area contributed by atoms with Gasteiger partial charge in [-0.2, -0.15) is 0 Å². The maximum Gasteiger partial charge on any atom is 0.243 e. The van der Waals surface area contributed by atoms with Gasteiger partial charge in [-0.3, -0.25) is 19.2 Å². The van der Waals surface area contributed by atoms with Gasteiger partial charge >= 0.3 is 0 Å². The first-order valence-corrected chi connectivity index (χ1v) is 29.9. The van der Waals surface area contributed by atoms with E-state index in [4.69, 9.17) is 0 Å². The average molecular weight is 1010 g/mol. The second-order valence-corrected chi connectivity index (χ2v) is 21.2. The number of aliphatic hydroxyl groups excluding tert-OH is 2. The number of carbonyl (C=O) groups is 4. The van der Waals surface area contributed by atoms with Gasteiger partial charge in [-0.15, -0.1) is 0 Å². The SMILES string of the molecule is CCCCC/C=C\C/C=C\CCCCCCCC(=O)N(CCO)C(C(=O)NCCN(C)CCNC(=O)C(C1CCCCC1)N(CCO)C(=O)CCCCCCC/C=C\C/C=C\CCCCC)C1CCCCC1. The summed E-state index contributed by atoms with van der Waals surface area (Å²) in [4.78, 5) is 61.0. The summed E-state index contributed by atoms with van der Waals surface area (Å²) < 4.78 is 0. The van der Waals surface area contributed by atoms with E-state index in [1.54, 1.807) is 9.80 Å².